The molecule has 1 aliphatic rings. The third kappa shape index (κ3) is 3.54. The Morgan fingerprint density at radius 1 is 1.41 bits per heavy atom. The highest BCUT2D eigenvalue weighted by atomic mass is 35.5. The fraction of sp³-hybridized carbons (Fsp3) is 0.471. The third-order valence-corrected chi connectivity index (χ3v) is 5.08. The minimum Gasteiger partial charge on any atom is -0.368 e. The minimum atomic E-state index is -4.78. The average molecular weight is 400 g/mol. The number of halogens is 4. The lowest BCUT2D eigenvalue weighted by Gasteiger charge is -2.34. The Morgan fingerprint density at radius 2 is 2.04 bits per heavy atom. The number of piperidine rings is 1. The van der Waals surface area contributed by atoms with E-state index in [0.29, 0.717) is 37.1 Å². The molecule has 0 saturated carbocycles. The van der Waals surface area contributed by atoms with E-state index in [-0.39, 0.29) is 28.2 Å². The van der Waals surface area contributed by atoms with Crippen LogP contribution in [0.2, 0.25) is 5.02 Å². The number of hydrogen-bond acceptors (Lipinski definition) is 4. The number of H-pyrrole nitrogens is 1. The van der Waals surface area contributed by atoms with E-state index in [1.807, 2.05) is 0 Å². The van der Waals surface area contributed by atoms with E-state index < -0.39 is 17.4 Å². The van der Waals surface area contributed by atoms with Gasteiger partial charge in [0.05, 0.1) is 16.2 Å². The second-order valence-corrected chi connectivity index (χ2v) is 6.92. The molecule has 2 N–H and O–H groups in total. The minimum absolute atomic E-state index is 0.000485. The van der Waals surface area contributed by atoms with Gasteiger partial charge >= 0.3 is 6.18 Å². The van der Waals surface area contributed by atoms with Crippen LogP contribution in [0.4, 0.5) is 18.9 Å². The van der Waals surface area contributed by atoms with E-state index in [4.69, 9.17) is 11.6 Å². The zero-order valence-corrected chi connectivity index (χ0v) is 15.4. The number of amides is 1. The van der Waals surface area contributed by atoms with E-state index >= 15 is 0 Å². The summed E-state index contributed by atoms with van der Waals surface area (Å²) in [5, 5.41) is 12.4. The van der Waals surface area contributed by atoms with Crippen molar-refractivity contribution in [1.29, 1.82) is 5.26 Å². The van der Waals surface area contributed by atoms with Crippen LogP contribution in [0, 0.1) is 18.3 Å². The van der Waals surface area contributed by atoms with Gasteiger partial charge in [0.25, 0.3) is 0 Å². The van der Waals surface area contributed by atoms with Gasteiger partial charge in [0, 0.05) is 31.7 Å². The molecule has 1 aliphatic heterocycles. The molecule has 3 rings (SSSR count). The number of alkyl halides is 3. The molecule has 144 valence electrons. The van der Waals surface area contributed by atoms with E-state index in [9.17, 15) is 23.2 Å². The van der Waals surface area contributed by atoms with Crippen molar-refractivity contribution >= 4 is 34.2 Å². The number of carbonyl (C=O) groups excluding carboxylic acids is 1. The highest BCUT2D eigenvalue weighted by Gasteiger charge is 2.39. The number of nitriles is 1. The molecule has 1 saturated heterocycles. The fourth-order valence-electron chi connectivity index (χ4n) is 3.43. The number of hydrogen-bond donors (Lipinski definition) is 2. The second kappa shape index (κ2) is 6.93. The highest BCUT2D eigenvalue weighted by Crippen LogP contribution is 2.41. The first-order valence-corrected chi connectivity index (χ1v) is 8.72. The predicted octanol–water partition coefficient (Wildman–Crippen LogP) is 3.52. The van der Waals surface area contributed by atoms with Crippen LogP contribution in [0.5, 0.6) is 0 Å². The van der Waals surface area contributed by atoms with Crippen LogP contribution in [0.25, 0.3) is 11.0 Å². The van der Waals surface area contributed by atoms with Crippen LogP contribution in [0.15, 0.2) is 0 Å². The van der Waals surface area contributed by atoms with E-state index in [0.717, 1.165) is 0 Å². The zero-order valence-electron chi connectivity index (χ0n) is 14.7. The second-order valence-electron chi connectivity index (χ2n) is 6.54. The van der Waals surface area contributed by atoms with Crippen LogP contribution in [-0.4, -0.2) is 35.0 Å². The van der Waals surface area contributed by atoms with Gasteiger partial charge in [-0.05, 0) is 19.8 Å². The molecule has 0 unspecified atom stereocenters. The summed E-state index contributed by atoms with van der Waals surface area (Å²) in [6, 6.07) is 1.63. The van der Waals surface area contributed by atoms with Crippen molar-refractivity contribution in [2.24, 2.45) is 0 Å². The summed E-state index contributed by atoms with van der Waals surface area (Å²) in [5.41, 5.74) is -0.800. The Bertz CT molecular complexity index is 939. The number of anilines is 1. The van der Waals surface area contributed by atoms with Gasteiger partial charge in [-0.3, -0.25) is 4.79 Å². The van der Waals surface area contributed by atoms with Crippen LogP contribution >= 0.6 is 11.6 Å². The maximum Gasteiger partial charge on any atom is 0.434 e. The van der Waals surface area contributed by atoms with Crippen LogP contribution in [0.3, 0.4) is 0 Å². The van der Waals surface area contributed by atoms with Crippen molar-refractivity contribution in [1.82, 2.24) is 15.3 Å². The van der Waals surface area contributed by atoms with Crippen molar-refractivity contribution in [3.63, 3.8) is 0 Å². The molecule has 3 heterocycles. The van der Waals surface area contributed by atoms with Gasteiger partial charge in [-0.25, -0.2) is 4.98 Å². The molecule has 0 spiro atoms. The quantitative estimate of drug-likeness (QED) is 0.809. The van der Waals surface area contributed by atoms with Crippen LogP contribution < -0.4 is 10.2 Å². The van der Waals surface area contributed by atoms with Gasteiger partial charge < -0.3 is 15.2 Å². The Labute approximate surface area is 158 Å². The highest BCUT2D eigenvalue weighted by molar-refractivity contribution is 6.36. The van der Waals surface area contributed by atoms with Crippen molar-refractivity contribution in [3.8, 4) is 6.07 Å². The molecular weight excluding hydrogens is 383 g/mol. The summed E-state index contributed by atoms with van der Waals surface area (Å²) in [4.78, 5) is 19.6. The van der Waals surface area contributed by atoms with E-state index in [1.54, 1.807) is 17.9 Å². The number of fused-ring (bicyclic) bond motifs is 1. The molecule has 10 heteroatoms. The summed E-state index contributed by atoms with van der Waals surface area (Å²) >= 11 is 6.14. The van der Waals surface area contributed by atoms with Crippen molar-refractivity contribution in [3.05, 3.63) is 22.0 Å². The summed E-state index contributed by atoms with van der Waals surface area (Å²) in [6.07, 6.45) is -3.66. The van der Waals surface area contributed by atoms with Gasteiger partial charge in [0.15, 0.2) is 5.69 Å². The maximum absolute atomic E-state index is 13.5. The lowest BCUT2D eigenvalue weighted by atomic mass is 10.0. The summed E-state index contributed by atoms with van der Waals surface area (Å²) in [5.74, 6) is -0.149. The molecule has 6 nitrogen and oxygen atoms in total. The Morgan fingerprint density at radius 3 is 2.56 bits per heavy atom. The van der Waals surface area contributed by atoms with Crippen LogP contribution in [0.1, 0.15) is 36.7 Å². The van der Waals surface area contributed by atoms with Gasteiger partial charge in [0.1, 0.15) is 17.1 Å². The molecule has 0 aromatic carbocycles. The first-order valence-electron chi connectivity index (χ1n) is 8.34. The van der Waals surface area contributed by atoms with Crippen LogP contribution in [-0.2, 0) is 11.0 Å². The number of carbonyl (C=O) groups is 1. The standard InChI is InChI=1S/C17H17ClF3N5O/c1-8-12(18)13-14(23-8)15(11(7-22)16(25-13)17(19,20)21)26-5-3-10(4-6-26)24-9(2)27/h10,23H,3-6H2,1-2H3,(H,24,27). The van der Waals surface area contributed by atoms with Gasteiger partial charge in [0.2, 0.25) is 5.91 Å². The number of nitrogens with one attached hydrogen (secondary N) is 2. The summed E-state index contributed by atoms with van der Waals surface area (Å²) < 4.78 is 40.6. The first-order chi connectivity index (χ1) is 12.6. The summed E-state index contributed by atoms with van der Waals surface area (Å²) in [7, 11) is 0. The molecule has 2 aromatic heterocycles. The molecule has 0 aliphatic carbocycles. The van der Waals surface area contributed by atoms with E-state index in [2.05, 4.69) is 15.3 Å². The Hall–Kier alpha value is -2.47. The first kappa shape index (κ1) is 19.3. The molecular formula is C17H17ClF3N5O. The molecule has 27 heavy (non-hydrogen) atoms. The number of aromatic amines is 1. The number of nitrogens with zero attached hydrogens (tertiary/aromatic N) is 3. The fourth-order valence-corrected chi connectivity index (χ4v) is 3.62. The maximum atomic E-state index is 13.5. The van der Waals surface area contributed by atoms with Gasteiger partial charge in [-0.15, -0.1) is 0 Å². The van der Waals surface area contributed by atoms with Crippen molar-refractivity contribution < 1.29 is 18.0 Å². The third-order valence-electron chi connectivity index (χ3n) is 4.62. The topological polar surface area (TPSA) is 84.8 Å². The number of aryl methyl sites for hydroxylation is 1. The molecule has 1 amide bonds. The predicted molar refractivity (Wildman–Crippen MR) is 94.6 cm³/mol. The van der Waals surface area contributed by atoms with E-state index in [1.165, 1.54) is 6.92 Å². The van der Waals surface area contributed by atoms with Gasteiger partial charge in [-0.2, -0.15) is 18.4 Å². The van der Waals surface area contributed by atoms with Crippen molar-refractivity contribution in [2.75, 3.05) is 18.0 Å². The number of pyridine rings is 1. The van der Waals surface area contributed by atoms with Gasteiger partial charge in [-0.1, -0.05) is 11.6 Å². The molecule has 0 bridgehead atoms. The molecule has 0 atom stereocenters. The van der Waals surface area contributed by atoms with Crippen molar-refractivity contribution in [2.45, 2.75) is 38.9 Å². The summed E-state index contributed by atoms with van der Waals surface area (Å²) in [6.45, 7) is 3.85. The monoisotopic (exact) mass is 399 g/mol. The Balaban J connectivity index is 2.13. The smallest absolute Gasteiger partial charge is 0.368 e. The lowest BCUT2D eigenvalue weighted by molar-refractivity contribution is -0.141. The largest absolute Gasteiger partial charge is 0.434 e. The molecule has 0 radical (unpaired) electrons. The normalized spacial score (nSPS) is 15.8. The molecule has 2 aromatic rings. The average Bonchev–Trinajstić information content (AvgIpc) is 2.87. The Kier molecular flexibility index (Phi) is 4.95. The zero-order chi connectivity index (χ0) is 19.9. The molecule has 1 fully saturated rings. The number of rotatable bonds is 2. The lowest BCUT2D eigenvalue weighted by Crippen LogP contribution is -2.44. The number of aromatic nitrogens is 2. The SMILES string of the molecule is CC(=O)NC1CCN(c2c(C#N)c(C(F)(F)F)nc3c(Cl)c(C)[nH]c23)CC1.